The van der Waals surface area contributed by atoms with Gasteiger partial charge in [0.05, 0.1) is 6.54 Å². The van der Waals surface area contributed by atoms with Crippen molar-refractivity contribution in [2.75, 3.05) is 13.1 Å². The van der Waals surface area contributed by atoms with Gasteiger partial charge in [0.25, 0.3) is 0 Å². The zero-order valence-corrected chi connectivity index (χ0v) is 9.63. The molecule has 0 aliphatic carbocycles. The summed E-state index contributed by atoms with van der Waals surface area (Å²) in [6, 6.07) is 0.254. The number of hydrogen-bond acceptors (Lipinski definition) is 3. The minimum atomic E-state index is 0.00201. The van der Waals surface area contributed by atoms with E-state index in [9.17, 15) is 4.79 Å². The van der Waals surface area contributed by atoms with Gasteiger partial charge < -0.3 is 10.6 Å². The summed E-state index contributed by atoms with van der Waals surface area (Å²) < 4.78 is 0. The maximum atomic E-state index is 11.1. The zero-order chi connectivity index (χ0) is 11.7. The summed E-state index contributed by atoms with van der Waals surface area (Å²) >= 11 is 0. The van der Waals surface area contributed by atoms with Gasteiger partial charge >= 0.3 is 0 Å². The molecular formula is C9H21N5O. The maximum Gasteiger partial charge on any atom is 0.221 e. The second-order valence-electron chi connectivity index (χ2n) is 3.38. The van der Waals surface area contributed by atoms with Gasteiger partial charge in [-0.1, -0.05) is 0 Å². The Bertz CT molecular complexity index is 215. The molecule has 0 saturated carbocycles. The van der Waals surface area contributed by atoms with E-state index in [0.29, 0.717) is 25.5 Å². The third-order valence-corrected chi connectivity index (χ3v) is 1.54. The van der Waals surface area contributed by atoms with Crippen molar-refractivity contribution in [2.45, 2.75) is 33.2 Å². The Hall–Kier alpha value is -1.30. The molecule has 15 heavy (non-hydrogen) atoms. The lowest BCUT2D eigenvalue weighted by Crippen LogP contribution is -2.44. The third-order valence-electron chi connectivity index (χ3n) is 1.54. The zero-order valence-electron chi connectivity index (χ0n) is 9.63. The van der Waals surface area contributed by atoms with Crippen LogP contribution in [-0.2, 0) is 4.79 Å². The van der Waals surface area contributed by atoms with Gasteiger partial charge in [0.1, 0.15) is 0 Å². The number of guanidine groups is 1. The van der Waals surface area contributed by atoms with Gasteiger partial charge in [-0.15, -0.1) is 0 Å². The largest absolute Gasteiger partial charge is 0.356 e. The van der Waals surface area contributed by atoms with Crippen molar-refractivity contribution in [2.24, 2.45) is 10.8 Å². The highest BCUT2D eigenvalue weighted by atomic mass is 16.1. The fourth-order valence-corrected chi connectivity index (χ4v) is 0.961. The molecular weight excluding hydrogens is 194 g/mol. The summed E-state index contributed by atoms with van der Waals surface area (Å²) in [7, 11) is 0. The average Bonchev–Trinajstić information content (AvgIpc) is 2.16. The van der Waals surface area contributed by atoms with Gasteiger partial charge in [0.15, 0.2) is 0 Å². The molecule has 0 aliphatic heterocycles. The topological polar surface area (TPSA) is 91.5 Å². The molecule has 0 bridgehead atoms. The van der Waals surface area contributed by atoms with E-state index in [-0.39, 0.29) is 11.9 Å². The van der Waals surface area contributed by atoms with Crippen LogP contribution < -0.4 is 21.9 Å². The standard InChI is InChI=1S/C9H21N5O/c1-4-11-8(15)5-6-12-9(14-10)13-7(2)3/h7H,4-6,10H2,1-3H3,(H,11,15)(H2,12,13,14). The smallest absolute Gasteiger partial charge is 0.221 e. The predicted molar refractivity (Wildman–Crippen MR) is 61.2 cm³/mol. The molecule has 0 aromatic carbocycles. The van der Waals surface area contributed by atoms with Crippen LogP contribution in [0, 0.1) is 0 Å². The molecule has 0 aromatic rings. The molecule has 88 valence electrons. The number of carbonyl (C=O) groups excluding carboxylic acids is 1. The Balaban J connectivity index is 3.85. The monoisotopic (exact) mass is 215 g/mol. The first-order chi connectivity index (χ1) is 7.10. The maximum absolute atomic E-state index is 11.1. The van der Waals surface area contributed by atoms with Crippen LogP contribution in [-0.4, -0.2) is 31.0 Å². The predicted octanol–water partition coefficient (Wildman–Crippen LogP) is -0.670. The normalized spacial score (nSPS) is 11.4. The number of hydrogen-bond donors (Lipinski definition) is 4. The van der Waals surface area contributed by atoms with Crippen molar-refractivity contribution in [3.63, 3.8) is 0 Å². The lowest BCUT2D eigenvalue weighted by atomic mass is 10.4. The lowest BCUT2D eigenvalue weighted by molar-refractivity contribution is -0.120. The fraction of sp³-hybridized carbons (Fsp3) is 0.778. The van der Waals surface area contributed by atoms with Crippen LogP contribution in [0.3, 0.4) is 0 Å². The first-order valence-corrected chi connectivity index (χ1v) is 5.14. The summed E-state index contributed by atoms with van der Waals surface area (Å²) in [4.78, 5) is 15.2. The molecule has 0 radical (unpaired) electrons. The van der Waals surface area contributed by atoms with Crippen molar-refractivity contribution in [3.05, 3.63) is 0 Å². The Morgan fingerprint density at radius 2 is 2.13 bits per heavy atom. The van der Waals surface area contributed by atoms with Gasteiger partial charge in [-0.3, -0.25) is 15.2 Å². The van der Waals surface area contributed by atoms with Gasteiger partial charge in [0.2, 0.25) is 11.9 Å². The van der Waals surface area contributed by atoms with E-state index >= 15 is 0 Å². The van der Waals surface area contributed by atoms with Gasteiger partial charge in [0, 0.05) is 19.0 Å². The van der Waals surface area contributed by atoms with Crippen LogP contribution in [0.15, 0.2) is 4.99 Å². The highest BCUT2D eigenvalue weighted by Crippen LogP contribution is 1.83. The van der Waals surface area contributed by atoms with E-state index in [4.69, 9.17) is 5.84 Å². The van der Waals surface area contributed by atoms with E-state index in [1.165, 1.54) is 0 Å². The number of rotatable bonds is 5. The van der Waals surface area contributed by atoms with Crippen molar-refractivity contribution in [3.8, 4) is 0 Å². The lowest BCUT2D eigenvalue weighted by Gasteiger charge is -2.11. The second kappa shape index (κ2) is 8.05. The molecule has 0 aliphatic rings. The Morgan fingerprint density at radius 3 is 2.60 bits per heavy atom. The number of hydrazine groups is 1. The molecule has 6 nitrogen and oxygen atoms in total. The first kappa shape index (κ1) is 13.7. The van der Waals surface area contributed by atoms with E-state index in [1.807, 2.05) is 20.8 Å². The van der Waals surface area contributed by atoms with Crippen LogP contribution >= 0.6 is 0 Å². The van der Waals surface area contributed by atoms with Crippen molar-refractivity contribution < 1.29 is 4.79 Å². The highest BCUT2D eigenvalue weighted by molar-refractivity contribution is 5.80. The Labute approximate surface area is 90.7 Å². The molecule has 0 aromatic heterocycles. The Morgan fingerprint density at radius 1 is 1.47 bits per heavy atom. The summed E-state index contributed by atoms with van der Waals surface area (Å²) in [6.45, 7) is 6.92. The summed E-state index contributed by atoms with van der Waals surface area (Å²) in [5.41, 5.74) is 2.45. The summed E-state index contributed by atoms with van der Waals surface area (Å²) in [6.07, 6.45) is 0.374. The first-order valence-electron chi connectivity index (χ1n) is 5.14. The van der Waals surface area contributed by atoms with Gasteiger partial charge in [-0.05, 0) is 20.8 Å². The highest BCUT2D eigenvalue weighted by Gasteiger charge is 2.00. The third kappa shape index (κ3) is 7.75. The Kier molecular flexibility index (Phi) is 7.35. The van der Waals surface area contributed by atoms with E-state index < -0.39 is 0 Å². The molecule has 1 amide bonds. The quantitative estimate of drug-likeness (QED) is 0.212. The molecule has 0 saturated heterocycles. The molecule has 0 rings (SSSR count). The van der Waals surface area contributed by atoms with Crippen LogP contribution in [0.25, 0.3) is 0 Å². The molecule has 6 heteroatoms. The van der Waals surface area contributed by atoms with Crippen molar-refractivity contribution in [1.29, 1.82) is 0 Å². The number of amides is 1. The van der Waals surface area contributed by atoms with Crippen LogP contribution in [0.5, 0.6) is 0 Å². The second-order valence-corrected chi connectivity index (χ2v) is 3.38. The molecule has 0 fully saturated rings. The number of nitrogens with one attached hydrogen (secondary N) is 3. The van der Waals surface area contributed by atoms with Crippen LogP contribution in [0.4, 0.5) is 0 Å². The molecule has 0 spiro atoms. The summed E-state index contributed by atoms with van der Waals surface area (Å²) in [5, 5.41) is 5.72. The molecule has 0 heterocycles. The SMILES string of the molecule is CCNC(=O)CCN=C(NN)NC(C)C. The van der Waals surface area contributed by atoms with E-state index in [0.717, 1.165) is 0 Å². The summed E-state index contributed by atoms with van der Waals surface area (Å²) in [5.74, 6) is 5.76. The average molecular weight is 215 g/mol. The van der Waals surface area contributed by atoms with E-state index in [1.54, 1.807) is 0 Å². The molecule has 0 atom stereocenters. The van der Waals surface area contributed by atoms with Crippen LogP contribution in [0.2, 0.25) is 0 Å². The van der Waals surface area contributed by atoms with Crippen molar-refractivity contribution in [1.82, 2.24) is 16.1 Å². The van der Waals surface area contributed by atoms with Gasteiger partial charge in [-0.25, -0.2) is 5.84 Å². The number of carbonyl (C=O) groups is 1. The number of aliphatic imine (C=N–C) groups is 1. The molecule has 5 N–H and O–H groups in total. The molecule has 0 unspecified atom stereocenters. The minimum absolute atomic E-state index is 0.00201. The van der Waals surface area contributed by atoms with Gasteiger partial charge in [-0.2, -0.15) is 0 Å². The number of nitrogens with zero attached hydrogens (tertiary/aromatic N) is 1. The van der Waals surface area contributed by atoms with E-state index in [2.05, 4.69) is 21.1 Å². The fourth-order valence-electron chi connectivity index (χ4n) is 0.961. The van der Waals surface area contributed by atoms with Crippen molar-refractivity contribution >= 4 is 11.9 Å². The minimum Gasteiger partial charge on any atom is -0.356 e. The van der Waals surface area contributed by atoms with Crippen LogP contribution in [0.1, 0.15) is 27.2 Å². The number of nitrogens with two attached hydrogens (primary N) is 1.